The van der Waals surface area contributed by atoms with E-state index in [1.165, 1.54) is 31.3 Å². The monoisotopic (exact) mass is 272 g/mol. The van der Waals surface area contributed by atoms with Gasteiger partial charge in [-0.15, -0.1) is 0 Å². The van der Waals surface area contributed by atoms with Crippen molar-refractivity contribution < 1.29 is 14.5 Å². The number of aromatic nitrogens is 1. The number of nitro benzene ring substituents is 1. The molecule has 0 saturated heterocycles. The molecule has 1 aromatic carbocycles. The number of hydrogen-bond donors (Lipinski definition) is 0. The number of hydrogen-bond acceptors (Lipinski definition) is 5. The quantitative estimate of drug-likeness (QED) is 0.484. The molecular weight excluding hydrogens is 260 g/mol. The molecule has 0 aliphatic heterocycles. The van der Waals surface area contributed by atoms with Gasteiger partial charge >= 0.3 is 0 Å². The fraction of sp³-hybridized carbons (Fsp3) is 0.143. The summed E-state index contributed by atoms with van der Waals surface area (Å²) in [6, 6.07) is 7.54. The summed E-state index contributed by atoms with van der Waals surface area (Å²) in [6.45, 7) is 3.16. The van der Waals surface area contributed by atoms with Crippen LogP contribution in [0.4, 0.5) is 5.69 Å². The molecule has 102 valence electrons. The topological polar surface area (TPSA) is 82.3 Å². The molecule has 6 heteroatoms. The number of non-ortho nitro benzene ring substituents is 1. The van der Waals surface area contributed by atoms with Crippen molar-refractivity contribution in [3.8, 4) is 11.5 Å². The Balaban J connectivity index is 2.21. The molecule has 0 spiro atoms. The zero-order chi connectivity index (χ0) is 14.7. The smallest absolute Gasteiger partial charge is 0.269 e. The molecule has 0 radical (unpaired) electrons. The average molecular weight is 272 g/mol. The van der Waals surface area contributed by atoms with Crippen molar-refractivity contribution >= 4 is 11.5 Å². The molecule has 0 unspecified atom stereocenters. The number of aryl methyl sites for hydroxylation is 1. The number of nitro groups is 1. The Labute approximate surface area is 115 Å². The van der Waals surface area contributed by atoms with Gasteiger partial charge in [-0.1, -0.05) is 0 Å². The van der Waals surface area contributed by atoms with Crippen LogP contribution in [0.2, 0.25) is 0 Å². The fourth-order valence-electron chi connectivity index (χ4n) is 1.64. The van der Waals surface area contributed by atoms with Crippen LogP contribution >= 0.6 is 0 Å². The van der Waals surface area contributed by atoms with Crippen LogP contribution in [-0.4, -0.2) is 15.7 Å². The minimum atomic E-state index is -0.458. The Bertz CT molecular complexity index is 665. The molecule has 0 bridgehead atoms. The molecule has 0 amide bonds. The number of ketones is 1. The van der Waals surface area contributed by atoms with Gasteiger partial charge < -0.3 is 4.74 Å². The lowest BCUT2D eigenvalue weighted by Crippen LogP contribution is -1.96. The Morgan fingerprint density at radius 2 is 2.05 bits per heavy atom. The average Bonchev–Trinajstić information content (AvgIpc) is 2.41. The molecule has 0 atom stereocenters. The van der Waals surface area contributed by atoms with Crippen molar-refractivity contribution in [2.75, 3.05) is 0 Å². The predicted molar refractivity (Wildman–Crippen MR) is 72.1 cm³/mol. The second-order valence-corrected chi connectivity index (χ2v) is 4.24. The Kier molecular flexibility index (Phi) is 3.74. The maximum atomic E-state index is 11.1. The van der Waals surface area contributed by atoms with E-state index in [4.69, 9.17) is 4.74 Å². The zero-order valence-corrected chi connectivity index (χ0v) is 11.0. The number of carbonyl (C=O) groups excluding carboxylic acids is 1. The van der Waals surface area contributed by atoms with Crippen LogP contribution in [0.3, 0.4) is 0 Å². The summed E-state index contributed by atoms with van der Waals surface area (Å²) in [4.78, 5) is 25.3. The van der Waals surface area contributed by atoms with Crippen molar-refractivity contribution in [2.45, 2.75) is 13.8 Å². The van der Waals surface area contributed by atoms with Gasteiger partial charge in [-0.25, -0.2) is 4.98 Å². The van der Waals surface area contributed by atoms with Gasteiger partial charge in [0.15, 0.2) is 5.78 Å². The lowest BCUT2D eigenvalue weighted by atomic mass is 10.2. The molecule has 20 heavy (non-hydrogen) atoms. The Morgan fingerprint density at radius 1 is 1.30 bits per heavy atom. The molecule has 2 aromatic rings. The maximum absolute atomic E-state index is 11.1. The van der Waals surface area contributed by atoms with Crippen LogP contribution < -0.4 is 4.74 Å². The molecule has 1 heterocycles. The summed E-state index contributed by atoms with van der Waals surface area (Å²) in [5, 5.41) is 10.6. The van der Waals surface area contributed by atoms with Crippen LogP contribution in [0.5, 0.6) is 11.5 Å². The minimum Gasteiger partial charge on any atom is -0.455 e. The summed E-state index contributed by atoms with van der Waals surface area (Å²) in [6.07, 6.45) is 1.44. The SMILES string of the molecule is CC(=O)c1ccc(Oc2ccc([N+](=O)[O-])cc2C)cn1. The van der Waals surface area contributed by atoms with Gasteiger partial charge in [0.25, 0.3) is 5.69 Å². The number of benzene rings is 1. The highest BCUT2D eigenvalue weighted by molar-refractivity contribution is 5.92. The van der Waals surface area contributed by atoms with E-state index in [2.05, 4.69) is 4.98 Å². The van der Waals surface area contributed by atoms with Crippen LogP contribution in [0.1, 0.15) is 23.0 Å². The summed E-state index contributed by atoms with van der Waals surface area (Å²) in [7, 11) is 0. The van der Waals surface area contributed by atoms with Gasteiger partial charge in [0.2, 0.25) is 0 Å². The Morgan fingerprint density at radius 3 is 2.55 bits per heavy atom. The predicted octanol–water partition coefficient (Wildman–Crippen LogP) is 3.29. The number of rotatable bonds is 4. The van der Waals surface area contributed by atoms with Gasteiger partial charge in [0.1, 0.15) is 17.2 Å². The molecular formula is C14H12N2O4. The van der Waals surface area contributed by atoms with Crippen molar-refractivity contribution in [2.24, 2.45) is 0 Å². The second-order valence-electron chi connectivity index (χ2n) is 4.24. The first-order valence-electron chi connectivity index (χ1n) is 5.87. The van der Waals surface area contributed by atoms with E-state index >= 15 is 0 Å². The number of ether oxygens (including phenoxy) is 1. The third-order valence-corrected chi connectivity index (χ3v) is 2.69. The number of nitrogens with zero attached hydrogens (tertiary/aromatic N) is 2. The van der Waals surface area contributed by atoms with E-state index in [-0.39, 0.29) is 11.5 Å². The lowest BCUT2D eigenvalue weighted by Gasteiger charge is -2.08. The number of pyridine rings is 1. The molecule has 0 N–H and O–H groups in total. The first-order chi connectivity index (χ1) is 9.47. The van der Waals surface area contributed by atoms with E-state index < -0.39 is 4.92 Å². The molecule has 0 aliphatic carbocycles. The number of Topliss-reactive ketones (excluding diaryl/α,β-unsaturated/α-hetero) is 1. The van der Waals surface area contributed by atoms with Crippen molar-refractivity contribution in [3.05, 3.63) is 57.9 Å². The fourth-order valence-corrected chi connectivity index (χ4v) is 1.64. The van der Waals surface area contributed by atoms with Crippen molar-refractivity contribution in [1.82, 2.24) is 4.98 Å². The van der Waals surface area contributed by atoms with Gasteiger partial charge in [-0.2, -0.15) is 0 Å². The standard InChI is InChI=1S/C14H12N2O4/c1-9-7-11(16(18)19)3-6-14(9)20-12-4-5-13(10(2)17)15-8-12/h3-8H,1-2H3. The van der Waals surface area contributed by atoms with E-state index in [1.807, 2.05) is 0 Å². The maximum Gasteiger partial charge on any atom is 0.269 e. The van der Waals surface area contributed by atoms with Gasteiger partial charge in [0.05, 0.1) is 11.1 Å². The molecule has 0 aliphatic rings. The van der Waals surface area contributed by atoms with E-state index in [0.29, 0.717) is 22.8 Å². The first-order valence-corrected chi connectivity index (χ1v) is 5.87. The van der Waals surface area contributed by atoms with Crippen LogP contribution in [0.25, 0.3) is 0 Å². The highest BCUT2D eigenvalue weighted by Crippen LogP contribution is 2.27. The molecule has 1 aromatic heterocycles. The molecule has 0 saturated carbocycles. The molecule has 0 fully saturated rings. The Hall–Kier alpha value is -2.76. The van der Waals surface area contributed by atoms with Gasteiger partial charge in [-0.05, 0) is 30.7 Å². The molecule has 2 rings (SSSR count). The third kappa shape index (κ3) is 2.97. The highest BCUT2D eigenvalue weighted by atomic mass is 16.6. The van der Waals surface area contributed by atoms with Crippen molar-refractivity contribution in [1.29, 1.82) is 0 Å². The van der Waals surface area contributed by atoms with E-state index in [0.717, 1.165) is 0 Å². The number of carbonyl (C=O) groups is 1. The van der Waals surface area contributed by atoms with E-state index in [1.54, 1.807) is 19.1 Å². The van der Waals surface area contributed by atoms with Crippen LogP contribution in [-0.2, 0) is 0 Å². The van der Waals surface area contributed by atoms with Gasteiger partial charge in [0, 0.05) is 19.1 Å². The summed E-state index contributed by atoms with van der Waals surface area (Å²) in [5.41, 5.74) is 1.02. The third-order valence-electron chi connectivity index (χ3n) is 2.69. The lowest BCUT2D eigenvalue weighted by molar-refractivity contribution is -0.384. The van der Waals surface area contributed by atoms with Crippen LogP contribution in [0.15, 0.2) is 36.5 Å². The van der Waals surface area contributed by atoms with E-state index in [9.17, 15) is 14.9 Å². The second kappa shape index (κ2) is 5.48. The summed E-state index contributed by atoms with van der Waals surface area (Å²) in [5.74, 6) is 0.850. The summed E-state index contributed by atoms with van der Waals surface area (Å²) < 4.78 is 5.58. The molecule has 6 nitrogen and oxygen atoms in total. The van der Waals surface area contributed by atoms with Crippen LogP contribution in [0, 0.1) is 17.0 Å². The minimum absolute atomic E-state index is 0.0138. The van der Waals surface area contributed by atoms with Crippen molar-refractivity contribution in [3.63, 3.8) is 0 Å². The van der Waals surface area contributed by atoms with Gasteiger partial charge in [-0.3, -0.25) is 14.9 Å². The largest absolute Gasteiger partial charge is 0.455 e. The summed E-state index contributed by atoms with van der Waals surface area (Å²) >= 11 is 0. The normalized spacial score (nSPS) is 10.1. The zero-order valence-electron chi connectivity index (χ0n) is 11.0. The first kappa shape index (κ1) is 13.7. The highest BCUT2D eigenvalue weighted by Gasteiger charge is 2.10.